The number of aromatic amines is 1. The van der Waals surface area contributed by atoms with Crippen molar-refractivity contribution in [2.75, 3.05) is 6.54 Å². The van der Waals surface area contributed by atoms with Crippen LogP contribution in [0.5, 0.6) is 0 Å². The van der Waals surface area contributed by atoms with Crippen LogP contribution in [0.2, 0.25) is 0 Å². The number of fused-ring (bicyclic) bond motifs is 3. The number of aromatic nitrogens is 1. The van der Waals surface area contributed by atoms with E-state index in [1.807, 2.05) is 18.2 Å². The van der Waals surface area contributed by atoms with E-state index in [0.717, 1.165) is 26.6 Å². The van der Waals surface area contributed by atoms with E-state index in [0.29, 0.717) is 19.5 Å². The van der Waals surface area contributed by atoms with Crippen molar-refractivity contribution in [2.45, 2.75) is 13.0 Å². The lowest BCUT2D eigenvalue weighted by Gasteiger charge is -2.26. The fraction of sp³-hybridized carbons (Fsp3) is 0.188. The summed E-state index contributed by atoms with van der Waals surface area (Å²) >= 11 is 3.47. The van der Waals surface area contributed by atoms with Crippen molar-refractivity contribution < 1.29 is 14.1 Å². The topological polar surface area (TPSA) is 92.4 Å². The fourth-order valence-electron chi connectivity index (χ4n) is 3.06. The van der Waals surface area contributed by atoms with Crippen LogP contribution in [0.3, 0.4) is 0 Å². The molecule has 0 radical (unpaired) electrons. The van der Waals surface area contributed by atoms with E-state index in [-0.39, 0.29) is 11.7 Å². The third kappa shape index (κ3) is 2.39. The summed E-state index contributed by atoms with van der Waals surface area (Å²) in [4.78, 5) is 27.7. The first-order valence-corrected chi connectivity index (χ1v) is 8.14. The van der Waals surface area contributed by atoms with Crippen LogP contribution in [-0.2, 0) is 13.0 Å². The van der Waals surface area contributed by atoms with Gasteiger partial charge in [-0.3, -0.25) is 14.9 Å². The van der Waals surface area contributed by atoms with Gasteiger partial charge in [0.1, 0.15) is 4.92 Å². The van der Waals surface area contributed by atoms with E-state index in [9.17, 15) is 14.9 Å². The second kappa shape index (κ2) is 5.48. The minimum atomic E-state index is -0.651. The van der Waals surface area contributed by atoms with Crippen LogP contribution in [-0.4, -0.2) is 27.3 Å². The number of nitro groups is 1. The first-order valence-electron chi connectivity index (χ1n) is 7.35. The Kier molecular flexibility index (Phi) is 3.42. The summed E-state index contributed by atoms with van der Waals surface area (Å²) in [6.07, 6.45) is 0.705. The van der Waals surface area contributed by atoms with Gasteiger partial charge in [0.25, 0.3) is 5.91 Å². The number of hydrogen-bond acceptors (Lipinski definition) is 4. The molecule has 0 unspecified atom stereocenters. The minimum Gasteiger partial charge on any atom is -0.395 e. The molecule has 24 heavy (non-hydrogen) atoms. The molecule has 7 nitrogen and oxygen atoms in total. The monoisotopic (exact) mass is 389 g/mol. The Morgan fingerprint density at radius 2 is 2.17 bits per heavy atom. The van der Waals surface area contributed by atoms with Gasteiger partial charge in [0.05, 0.1) is 6.07 Å². The van der Waals surface area contributed by atoms with Crippen molar-refractivity contribution in [1.29, 1.82) is 0 Å². The van der Waals surface area contributed by atoms with E-state index < -0.39 is 10.8 Å². The van der Waals surface area contributed by atoms with E-state index >= 15 is 0 Å². The van der Waals surface area contributed by atoms with Crippen molar-refractivity contribution >= 4 is 38.6 Å². The zero-order chi connectivity index (χ0) is 16.8. The molecule has 0 bridgehead atoms. The second-order valence-corrected chi connectivity index (χ2v) is 6.56. The lowest BCUT2D eigenvalue weighted by Crippen LogP contribution is -2.35. The van der Waals surface area contributed by atoms with Gasteiger partial charge in [-0.05, 0) is 24.3 Å². The SMILES string of the molecule is O=C(c1ccc([N+](=O)[O-])o1)N1CCc2[nH]c3ccc(Br)cc3c2C1. The van der Waals surface area contributed by atoms with Crippen LogP contribution >= 0.6 is 15.9 Å². The molecule has 0 atom stereocenters. The molecule has 0 saturated heterocycles. The number of nitrogens with one attached hydrogen (secondary N) is 1. The lowest BCUT2D eigenvalue weighted by atomic mass is 10.0. The van der Waals surface area contributed by atoms with Crippen LogP contribution < -0.4 is 0 Å². The van der Waals surface area contributed by atoms with Crippen LogP contribution in [0.1, 0.15) is 21.8 Å². The van der Waals surface area contributed by atoms with E-state index in [2.05, 4.69) is 20.9 Å². The highest BCUT2D eigenvalue weighted by Crippen LogP contribution is 2.30. The summed E-state index contributed by atoms with van der Waals surface area (Å²) in [6, 6.07) is 8.54. The predicted molar refractivity (Wildman–Crippen MR) is 89.8 cm³/mol. The maximum absolute atomic E-state index is 12.6. The minimum absolute atomic E-state index is 0.00817. The van der Waals surface area contributed by atoms with Crippen molar-refractivity contribution in [3.63, 3.8) is 0 Å². The molecule has 1 N–H and O–H groups in total. The molecule has 3 heterocycles. The van der Waals surface area contributed by atoms with Gasteiger partial charge < -0.3 is 14.3 Å². The number of carbonyl (C=O) groups excluding carboxylic acids is 1. The Hall–Kier alpha value is -2.61. The average molecular weight is 390 g/mol. The summed E-state index contributed by atoms with van der Waals surface area (Å²) in [5, 5.41) is 11.8. The number of halogens is 1. The molecular formula is C16H12BrN3O4. The van der Waals surface area contributed by atoms with Gasteiger partial charge in [-0.25, -0.2) is 0 Å². The van der Waals surface area contributed by atoms with Crippen LogP contribution in [0.15, 0.2) is 39.2 Å². The van der Waals surface area contributed by atoms with E-state index in [1.165, 1.54) is 12.1 Å². The maximum Gasteiger partial charge on any atom is 0.433 e. The Labute approximate surface area is 144 Å². The molecule has 4 rings (SSSR count). The molecule has 0 saturated carbocycles. The number of nitrogens with zero attached hydrogens (tertiary/aromatic N) is 2. The Morgan fingerprint density at radius 3 is 2.92 bits per heavy atom. The lowest BCUT2D eigenvalue weighted by molar-refractivity contribution is -0.402. The summed E-state index contributed by atoms with van der Waals surface area (Å²) in [6.45, 7) is 0.980. The highest BCUT2D eigenvalue weighted by atomic mass is 79.9. The van der Waals surface area contributed by atoms with Crippen LogP contribution in [0.4, 0.5) is 5.88 Å². The largest absolute Gasteiger partial charge is 0.433 e. The van der Waals surface area contributed by atoms with Crippen LogP contribution in [0, 0.1) is 10.1 Å². The molecule has 1 aliphatic heterocycles. The second-order valence-electron chi connectivity index (χ2n) is 5.64. The quantitative estimate of drug-likeness (QED) is 0.534. The van der Waals surface area contributed by atoms with Gasteiger partial charge in [0.2, 0.25) is 0 Å². The molecule has 1 aromatic carbocycles. The van der Waals surface area contributed by atoms with Gasteiger partial charge in [-0.2, -0.15) is 0 Å². The van der Waals surface area contributed by atoms with Crippen LogP contribution in [0.25, 0.3) is 10.9 Å². The van der Waals surface area contributed by atoms with Gasteiger partial charge >= 0.3 is 5.88 Å². The maximum atomic E-state index is 12.6. The number of rotatable bonds is 2. The first kappa shape index (κ1) is 14.9. The summed E-state index contributed by atoms with van der Waals surface area (Å²) in [5.74, 6) is -0.767. The number of H-pyrrole nitrogens is 1. The van der Waals surface area contributed by atoms with E-state index in [4.69, 9.17) is 4.42 Å². The molecular weight excluding hydrogens is 378 g/mol. The Balaban J connectivity index is 1.65. The van der Waals surface area contributed by atoms with Crippen molar-refractivity contribution in [3.05, 3.63) is 61.9 Å². The molecule has 2 aromatic heterocycles. The number of amides is 1. The third-order valence-electron chi connectivity index (χ3n) is 4.21. The number of carbonyl (C=O) groups is 1. The third-order valence-corrected chi connectivity index (χ3v) is 4.70. The molecule has 3 aromatic rings. The smallest absolute Gasteiger partial charge is 0.395 e. The first-order chi connectivity index (χ1) is 11.5. The molecule has 1 aliphatic rings. The Morgan fingerprint density at radius 1 is 1.33 bits per heavy atom. The number of hydrogen-bond donors (Lipinski definition) is 1. The normalized spacial score (nSPS) is 14.0. The molecule has 1 amide bonds. The van der Waals surface area contributed by atoms with Crippen molar-refractivity contribution in [3.8, 4) is 0 Å². The van der Waals surface area contributed by atoms with Gasteiger partial charge in [-0.15, -0.1) is 0 Å². The summed E-state index contributed by atoms with van der Waals surface area (Å²) in [5.41, 5.74) is 3.23. The molecule has 122 valence electrons. The van der Waals surface area contributed by atoms with Crippen molar-refractivity contribution in [2.24, 2.45) is 0 Å². The van der Waals surface area contributed by atoms with Gasteiger partial charge in [0.15, 0.2) is 5.76 Å². The highest BCUT2D eigenvalue weighted by molar-refractivity contribution is 9.10. The zero-order valence-electron chi connectivity index (χ0n) is 12.4. The predicted octanol–water partition coefficient (Wildman–Crippen LogP) is 3.63. The molecule has 8 heteroatoms. The highest BCUT2D eigenvalue weighted by Gasteiger charge is 2.27. The molecule has 0 fully saturated rings. The molecule has 0 aliphatic carbocycles. The standard InChI is InChI=1S/C16H12BrN3O4/c17-9-1-2-12-10(7-9)11-8-19(6-5-13(11)18-12)16(21)14-3-4-15(24-14)20(22)23/h1-4,7,18H,5-6,8H2. The van der Waals surface area contributed by atoms with E-state index in [1.54, 1.807) is 4.90 Å². The van der Waals surface area contributed by atoms with Gasteiger partial charge in [-0.1, -0.05) is 15.9 Å². The Bertz CT molecular complexity index is 975. The number of benzene rings is 1. The molecule has 0 spiro atoms. The van der Waals surface area contributed by atoms with Crippen molar-refractivity contribution in [1.82, 2.24) is 9.88 Å². The average Bonchev–Trinajstić information content (AvgIpc) is 3.18. The fourth-order valence-corrected chi connectivity index (χ4v) is 3.42. The van der Waals surface area contributed by atoms with Gasteiger partial charge in [0, 0.05) is 46.1 Å². The zero-order valence-corrected chi connectivity index (χ0v) is 14.0. The number of furan rings is 1. The summed E-state index contributed by atoms with van der Waals surface area (Å²) in [7, 11) is 0. The summed E-state index contributed by atoms with van der Waals surface area (Å²) < 4.78 is 6.00.